The van der Waals surface area contributed by atoms with Crippen LogP contribution in [0.15, 0.2) is 12.4 Å². The Morgan fingerprint density at radius 2 is 2.50 bits per heavy atom. The number of aromatic nitrogens is 2. The number of thioether (sulfide) groups is 1. The van der Waals surface area contributed by atoms with E-state index in [2.05, 4.69) is 15.3 Å². The van der Waals surface area contributed by atoms with Gasteiger partial charge in [-0.25, -0.2) is 14.6 Å². The van der Waals surface area contributed by atoms with Crippen molar-refractivity contribution in [1.29, 1.82) is 0 Å². The first kappa shape index (κ1) is 12.7. The van der Waals surface area contributed by atoms with Crippen molar-refractivity contribution in [2.75, 3.05) is 5.75 Å². The predicted octanol–water partition coefficient (Wildman–Crippen LogP) is 0.467. The minimum absolute atomic E-state index is 0.136. The van der Waals surface area contributed by atoms with Crippen LogP contribution in [0.1, 0.15) is 12.7 Å². The molecule has 1 aliphatic rings. The average molecular weight is 270 g/mol. The summed E-state index contributed by atoms with van der Waals surface area (Å²) >= 11 is 1.45. The number of hydrogen-bond acceptors (Lipinski definition) is 4. The summed E-state index contributed by atoms with van der Waals surface area (Å²) in [6.07, 6.45) is 3.26. The van der Waals surface area contributed by atoms with Crippen molar-refractivity contribution >= 4 is 23.8 Å². The molecule has 1 aromatic heterocycles. The van der Waals surface area contributed by atoms with Crippen LogP contribution in [0.3, 0.4) is 0 Å². The fraction of sp³-hybridized carbons (Fsp3) is 0.500. The van der Waals surface area contributed by atoms with Gasteiger partial charge in [0.25, 0.3) is 0 Å². The van der Waals surface area contributed by atoms with E-state index in [-0.39, 0.29) is 17.9 Å². The summed E-state index contributed by atoms with van der Waals surface area (Å²) in [5.74, 6) is 0.0831. The lowest BCUT2D eigenvalue weighted by atomic mass is 10.3. The number of aliphatic carboxylic acids is 1. The van der Waals surface area contributed by atoms with E-state index in [4.69, 9.17) is 5.11 Å². The van der Waals surface area contributed by atoms with E-state index in [1.165, 1.54) is 16.7 Å². The monoisotopic (exact) mass is 270 g/mol. The van der Waals surface area contributed by atoms with Crippen LogP contribution in [0.4, 0.5) is 4.79 Å². The number of amides is 2. The zero-order valence-corrected chi connectivity index (χ0v) is 10.6. The molecule has 2 unspecified atom stereocenters. The van der Waals surface area contributed by atoms with Crippen LogP contribution in [0.25, 0.3) is 0 Å². The molecule has 0 bridgehead atoms. The highest BCUT2D eigenvalue weighted by Crippen LogP contribution is 2.28. The normalized spacial score (nSPS) is 23.1. The SMILES string of the molecule is CC1SCC(C(=O)O)N1C(=O)NCc1ncc[nH]1. The summed E-state index contributed by atoms with van der Waals surface area (Å²) in [7, 11) is 0. The molecule has 1 saturated heterocycles. The number of aromatic amines is 1. The Morgan fingerprint density at radius 3 is 3.11 bits per heavy atom. The van der Waals surface area contributed by atoms with Crippen LogP contribution >= 0.6 is 11.8 Å². The number of nitrogens with zero attached hydrogens (tertiary/aromatic N) is 2. The summed E-state index contributed by atoms with van der Waals surface area (Å²) < 4.78 is 0. The second-order valence-corrected chi connectivity index (χ2v) is 5.24. The molecule has 0 radical (unpaired) electrons. The van der Waals surface area contributed by atoms with Crippen LogP contribution in [-0.4, -0.2) is 49.1 Å². The van der Waals surface area contributed by atoms with Crippen LogP contribution in [-0.2, 0) is 11.3 Å². The lowest BCUT2D eigenvalue weighted by Crippen LogP contribution is -2.49. The Labute approximate surface area is 108 Å². The zero-order chi connectivity index (χ0) is 13.1. The summed E-state index contributed by atoms with van der Waals surface area (Å²) in [6, 6.07) is -1.14. The van der Waals surface area contributed by atoms with Gasteiger partial charge in [-0.05, 0) is 6.92 Å². The number of carbonyl (C=O) groups is 2. The molecule has 0 aromatic carbocycles. The second kappa shape index (κ2) is 5.30. The fourth-order valence-electron chi connectivity index (χ4n) is 1.79. The number of imidazole rings is 1. The van der Waals surface area contributed by atoms with Gasteiger partial charge in [0, 0.05) is 18.1 Å². The van der Waals surface area contributed by atoms with E-state index in [0.717, 1.165) is 0 Å². The van der Waals surface area contributed by atoms with Crippen molar-refractivity contribution in [2.24, 2.45) is 0 Å². The molecule has 2 heterocycles. The maximum absolute atomic E-state index is 12.0. The number of carbonyl (C=O) groups excluding carboxylic acids is 1. The minimum Gasteiger partial charge on any atom is -0.480 e. The van der Waals surface area contributed by atoms with Gasteiger partial charge >= 0.3 is 12.0 Å². The highest BCUT2D eigenvalue weighted by Gasteiger charge is 2.39. The molecule has 2 rings (SSSR count). The third-order valence-corrected chi connectivity index (χ3v) is 3.92. The van der Waals surface area contributed by atoms with Crippen molar-refractivity contribution in [3.05, 3.63) is 18.2 Å². The highest BCUT2D eigenvalue weighted by atomic mass is 32.2. The Hall–Kier alpha value is -1.70. The van der Waals surface area contributed by atoms with Crippen molar-refractivity contribution in [3.8, 4) is 0 Å². The van der Waals surface area contributed by atoms with Gasteiger partial charge in [-0.15, -0.1) is 11.8 Å². The van der Waals surface area contributed by atoms with Crippen molar-refractivity contribution < 1.29 is 14.7 Å². The Balaban J connectivity index is 1.96. The number of carboxylic acids is 1. The number of hydrogen-bond donors (Lipinski definition) is 3. The van der Waals surface area contributed by atoms with E-state index in [0.29, 0.717) is 11.6 Å². The first-order valence-electron chi connectivity index (χ1n) is 5.48. The van der Waals surface area contributed by atoms with E-state index >= 15 is 0 Å². The fourth-order valence-corrected chi connectivity index (χ4v) is 2.95. The number of carboxylic acid groups (broad SMARTS) is 1. The third kappa shape index (κ3) is 2.58. The summed E-state index contributed by atoms with van der Waals surface area (Å²) in [5, 5.41) is 11.6. The van der Waals surface area contributed by atoms with Crippen LogP contribution in [0.5, 0.6) is 0 Å². The molecule has 2 amide bonds. The Kier molecular flexibility index (Phi) is 3.75. The molecule has 1 fully saturated rings. The smallest absolute Gasteiger partial charge is 0.327 e. The van der Waals surface area contributed by atoms with Crippen LogP contribution in [0.2, 0.25) is 0 Å². The van der Waals surface area contributed by atoms with Gasteiger partial charge in [0.05, 0.1) is 11.9 Å². The lowest BCUT2D eigenvalue weighted by molar-refractivity contribution is -0.141. The summed E-state index contributed by atoms with van der Waals surface area (Å²) in [4.78, 5) is 31.2. The van der Waals surface area contributed by atoms with Gasteiger partial charge in [-0.1, -0.05) is 0 Å². The Bertz CT molecular complexity index is 436. The van der Waals surface area contributed by atoms with Gasteiger partial charge < -0.3 is 15.4 Å². The summed E-state index contributed by atoms with van der Waals surface area (Å²) in [5.41, 5.74) is 0. The molecule has 3 N–H and O–H groups in total. The number of H-pyrrole nitrogens is 1. The molecule has 1 aromatic rings. The molecule has 8 heteroatoms. The number of urea groups is 1. The van der Waals surface area contributed by atoms with Gasteiger partial charge in [0.2, 0.25) is 0 Å². The predicted molar refractivity (Wildman–Crippen MR) is 66.0 cm³/mol. The summed E-state index contributed by atoms with van der Waals surface area (Å²) in [6.45, 7) is 2.08. The highest BCUT2D eigenvalue weighted by molar-refractivity contribution is 8.00. The molecular weight excluding hydrogens is 256 g/mol. The first-order chi connectivity index (χ1) is 8.59. The largest absolute Gasteiger partial charge is 0.480 e. The number of nitrogens with one attached hydrogen (secondary N) is 2. The van der Waals surface area contributed by atoms with Crippen molar-refractivity contribution in [1.82, 2.24) is 20.2 Å². The third-order valence-electron chi connectivity index (χ3n) is 2.70. The topological polar surface area (TPSA) is 98.3 Å². The molecule has 18 heavy (non-hydrogen) atoms. The minimum atomic E-state index is -0.972. The second-order valence-electron chi connectivity index (χ2n) is 3.89. The molecule has 0 aliphatic carbocycles. The molecule has 2 atom stereocenters. The average Bonchev–Trinajstić information content (AvgIpc) is 2.94. The maximum Gasteiger partial charge on any atom is 0.327 e. The molecular formula is C10H14N4O3S. The first-order valence-corrected chi connectivity index (χ1v) is 6.53. The van der Waals surface area contributed by atoms with Gasteiger partial charge in [0.1, 0.15) is 11.9 Å². The molecule has 1 aliphatic heterocycles. The van der Waals surface area contributed by atoms with Gasteiger partial charge in [-0.3, -0.25) is 4.90 Å². The molecule has 7 nitrogen and oxygen atoms in total. The molecule has 0 saturated carbocycles. The van der Waals surface area contributed by atoms with Crippen molar-refractivity contribution in [2.45, 2.75) is 24.9 Å². The lowest BCUT2D eigenvalue weighted by Gasteiger charge is -2.24. The van der Waals surface area contributed by atoms with Crippen LogP contribution in [0, 0.1) is 0 Å². The van der Waals surface area contributed by atoms with Gasteiger partial charge in [-0.2, -0.15) is 0 Å². The number of rotatable bonds is 3. The standard InChI is InChI=1S/C10H14N4O3S/c1-6-14(7(5-18-6)9(15)16)10(17)13-4-8-11-2-3-12-8/h2-3,6-7H,4-5H2,1H3,(H,11,12)(H,13,17)(H,15,16). The maximum atomic E-state index is 12.0. The van der Waals surface area contributed by atoms with Crippen LogP contribution < -0.4 is 5.32 Å². The van der Waals surface area contributed by atoms with E-state index in [9.17, 15) is 9.59 Å². The molecule has 0 spiro atoms. The van der Waals surface area contributed by atoms with E-state index < -0.39 is 12.0 Å². The Morgan fingerprint density at radius 1 is 1.72 bits per heavy atom. The van der Waals surface area contributed by atoms with Crippen molar-refractivity contribution in [3.63, 3.8) is 0 Å². The van der Waals surface area contributed by atoms with E-state index in [1.54, 1.807) is 12.4 Å². The zero-order valence-electron chi connectivity index (χ0n) is 9.79. The van der Waals surface area contributed by atoms with Gasteiger partial charge in [0.15, 0.2) is 0 Å². The molecule has 98 valence electrons. The quantitative estimate of drug-likeness (QED) is 0.741. The van der Waals surface area contributed by atoms with E-state index in [1.807, 2.05) is 6.92 Å².